The summed E-state index contributed by atoms with van der Waals surface area (Å²) >= 11 is 12.2. The molecule has 0 saturated carbocycles. The molecule has 1 saturated heterocycles. The molecule has 0 aliphatic carbocycles. The van der Waals surface area contributed by atoms with Gasteiger partial charge >= 0.3 is 5.97 Å². The lowest BCUT2D eigenvalue weighted by Crippen LogP contribution is -2.36. The molecule has 0 bridgehead atoms. The molecule has 3 rings (SSSR count). The summed E-state index contributed by atoms with van der Waals surface area (Å²) in [7, 11) is 0. The van der Waals surface area contributed by atoms with Crippen molar-refractivity contribution in [2.75, 3.05) is 11.4 Å². The highest BCUT2D eigenvalue weighted by Crippen LogP contribution is 2.35. The highest BCUT2D eigenvalue weighted by Gasteiger charge is 2.32. The molecule has 1 aliphatic heterocycles. The summed E-state index contributed by atoms with van der Waals surface area (Å²) in [6.07, 6.45) is 3.11. The van der Waals surface area contributed by atoms with Gasteiger partial charge in [-0.1, -0.05) is 23.2 Å². The fraction of sp³-hybridized carbons (Fsp3) is 0.286. The van der Waals surface area contributed by atoms with E-state index in [0.29, 0.717) is 28.8 Å². The van der Waals surface area contributed by atoms with Crippen LogP contribution >= 0.6 is 23.2 Å². The van der Waals surface area contributed by atoms with Gasteiger partial charge < -0.3 is 10.0 Å². The molecule has 1 aromatic carbocycles. The van der Waals surface area contributed by atoms with Crippen LogP contribution in [0.4, 0.5) is 5.82 Å². The van der Waals surface area contributed by atoms with Gasteiger partial charge in [0, 0.05) is 28.5 Å². The van der Waals surface area contributed by atoms with Crippen molar-refractivity contribution in [1.29, 1.82) is 0 Å². The molecule has 4 nitrogen and oxygen atoms in total. The number of carboxylic acids is 1. The average molecular weight is 311 g/mol. The van der Waals surface area contributed by atoms with E-state index in [4.69, 9.17) is 23.2 Å². The highest BCUT2D eigenvalue weighted by molar-refractivity contribution is 6.39. The molecule has 2 aromatic rings. The van der Waals surface area contributed by atoms with Crippen LogP contribution < -0.4 is 4.90 Å². The van der Waals surface area contributed by atoms with E-state index in [0.717, 1.165) is 17.2 Å². The van der Waals surface area contributed by atoms with E-state index < -0.39 is 12.0 Å². The van der Waals surface area contributed by atoms with Gasteiger partial charge in [-0.3, -0.25) is 0 Å². The molecule has 0 radical (unpaired) electrons. The van der Waals surface area contributed by atoms with E-state index >= 15 is 0 Å². The van der Waals surface area contributed by atoms with Crippen LogP contribution in [-0.2, 0) is 4.79 Å². The standard InChI is InChI=1S/C14H12Cl2N2O2/c15-8-6-10-9(11(16)7-8)3-4-17-13(10)18-5-1-2-12(18)14(19)20/h3-4,6-7,12H,1-2,5H2,(H,19,20). The Hall–Kier alpha value is -1.52. The van der Waals surface area contributed by atoms with Crippen LogP contribution in [0.25, 0.3) is 10.8 Å². The van der Waals surface area contributed by atoms with Gasteiger partial charge in [-0.05, 0) is 31.0 Å². The van der Waals surface area contributed by atoms with Crippen molar-refractivity contribution in [2.24, 2.45) is 0 Å². The first-order valence-electron chi connectivity index (χ1n) is 6.31. The Labute approximate surface area is 125 Å². The quantitative estimate of drug-likeness (QED) is 0.921. The van der Waals surface area contributed by atoms with Crippen LogP contribution in [0, 0.1) is 0 Å². The third kappa shape index (κ3) is 2.19. The maximum Gasteiger partial charge on any atom is 0.326 e. The van der Waals surface area contributed by atoms with Crippen molar-refractivity contribution < 1.29 is 9.90 Å². The summed E-state index contributed by atoms with van der Waals surface area (Å²) in [5, 5.41) is 12.0. The monoisotopic (exact) mass is 310 g/mol. The van der Waals surface area contributed by atoms with Crippen molar-refractivity contribution >= 4 is 45.8 Å². The van der Waals surface area contributed by atoms with Crippen LogP contribution in [0.1, 0.15) is 12.8 Å². The van der Waals surface area contributed by atoms with Gasteiger partial charge in [0.25, 0.3) is 0 Å². The Kier molecular flexibility index (Phi) is 3.44. The van der Waals surface area contributed by atoms with Gasteiger partial charge in [0.1, 0.15) is 11.9 Å². The molecule has 2 heterocycles. The molecule has 1 N–H and O–H groups in total. The Morgan fingerprint density at radius 2 is 2.15 bits per heavy atom. The molecule has 0 spiro atoms. The van der Waals surface area contributed by atoms with E-state index in [2.05, 4.69) is 4.98 Å². The van der Waals surface area contributed by atoms with Gasteiger partial charge in [-0.2, -0.15) is 0 Å². The number of hydrogen-bond acceptors (Lipinski definition) is 3. The van der Waals surface area contributed by atoms with Gasteiger partial charge in [-0.25, -0.2) is 9.78 Å². The number of halogens is 2. The summed E-state index contributed by atoms with van der Waals surface area (Å²) in [5.74, 6) is -0.189. The zero-order valence-corrected chi connectivity index (χ0v) is 12.0. The first-order valence-corrected chi connectivity index (χ1v) is 7.07. The van der Waals surface area contributed by atoms with Gasteiger partial charge in [0.05, 0.1) is 5.02 Å². The molecule has 1 unspecified atom stereocenters. The number of hydrogen-bond donors (Lipinski definition) is 1. The number of carbonyl (C=O) groups is 1. The minimum absolute atomic E-state index is 0.517. The maximum atomic E-state index is 11.3. The smallest absolute Gasteiger partial charge is 0.326 e. The van der Waals surface area contributed by atoms with Crippen LogP contribution in [-0.4, -0.2) is 28.6 Å². The van der Waals surface area contributed by atoms with Gasteiger partial charge in [0.2, 0.25) is 0 Å². The third-order valence-electron chi connectivity index (χ3n) is 3.58. The van der Waals surface area contributed by atoms with Crippen LogP contribution in [0.5, 0.6) is 0 Å². The maximum absolute atomic E-state index is 11.3. The Balaban J connectivity index is 2.19. The third-order valence-corrected chi connectivity index (χ3v) is 4.11. The number of fused-ring (bicyclic) bond motifs is 1. The molecule has 0 amide bonds. The van der Waals surface area contributed by atoms with Crippen LogP contribution in [0.3, 0.4) is 0 Å². The number of pyridine rings is 1. The average Bonchev–Trinajstić information content (AvgIpc) is 2.87. The zero-order chi connectivity index (χ0) is 14.3. The minimum Gasteiger partial charge on any atom is -0.480 e. The summed E-state index contributed by atoms with van der Waals surface area (Å²) in [4.78, 5) is 17.5. The fourth-order valence-electron chi connectivity index (χ4n) is 2.70. The molecular weight excluding hydrogens is 299 g/mol. The summed E-state index contributed by atoms with van der Waals surface area (Å²) in [5.41, 5.74) is 0. The lowest BCUT2D eigenvalue weighted by Gasteiger charge is -2.24. The van der Waals surface area contributed by atoms with Gasteiger partial charge in [-0.15, -0.1) is 0 Å². The van der Waals surface area contributed by atoms with E-state index in [1.54, 1.807) is 18.3 Å². The molecule has 1 atom stereocenters. The first-order chi connectivity index (χ1) is 9.58. The summed E-state index contributed by atoms with van der Waals surface area (Å²) in [6, 6.07) is 4.73. The van der Waals surface area contributed by atoms with Crippen molar-refractivity contribution in [3.63, 3.8) is 0 Å². The number of rotatable bonds is 2. The molecule has 104 valence electrons. The highest BCUT2D eigenvalue weighted by atomic mass is 35.5. The minimum atomic E-state index is -0.825. The van der Waals surface area contributed by atoms with Crippen molar-refractivity contribution in [3.05, 3.63) is 34.4 Å². The number of benzene rings is 1. The van der Waals surface area contributed by atoms with E-state index in [1.165, 1.54) is 0 Å². The summed E-state index contributed by atoms with van der Waals surface area (Å²) in [6.45, 7) is 0.674. The second-order valence-electron chi connectivity index (χ2n) is 4.81. The number of nitrogens with zero attached hydrogens (tertiary/aromatic N) is 2. The molecule has 1 aromatic heterocycles. The van der Waals surface area contributed by atoms with Gasteiger partial charge in [0.15, 0.2) is 0 Å². The first kappa shape index (κ1) is 13.5. The van der Waals surface area contributed by atoms with E-state index in [1.807, 2.05) is 11.0 Å². The molecule has 6 heteroatoms. The number of anilines is 1. The predicted molar refractivity (Wildman–Crippen MR) is 79.8 cm³/mol. The molecule has 1 aliphatic rings. The Bertz CT molecular complexity index is 690. The molecule has 20 heavy (non-hydrogen) atoms. The Morgan fingerprint density at radius 1 is 1.35 bits per heavy atom. The Morgan fingerprint density at radius 3 is 2.90 bits per heavy atom. The normalized spacial score (nSPS) is 18.7. The number of aliphatic carboxylic acids is 1. The molecule has 1 fully saturated rings. The fourth-order valence-corrected chi connectivity index (χ4v) is 3.25. The van der Waals surface area contributed by atoms with Crippen molar-refractivity contribution in [1.82, 2.24) is 4.98 Å². The van der Waals surface area contributed by atoms with Crippen molar-refractivity contribution in [3.8, 4) is 0 Å². The van der Waals surface area contributed by atoms with E-state index in [9.17, 15) is 9.90 Å². The SMILES string of the molecule is O=C(O)C1CCCN1c1nccc2c(Cl)cc(Cl)cc12. The lowest BCUT2D eigenvalue weighted by atomic mass is 10.1. The van der Waals surface area contributed by atoms with E-state index in [-0.39, 0.29) is 0 Å². The largest absolute Gasteiger partial charge is 0.480 e. The topological polar surface area (TPSA) is 53.4 Å². The predicted octanol–water partition coefficient (Wildman–Crippen LogP) is 3.60. The molecular formula is C14H12Cl2N2O2. The van der Waals surface area contributed by atoms with Crippen LogP contribution in [0.2, 0.25) is 10.0 Å². The lowest BCUT2D eigenvalue weighted by molar-refractivity contribution is -0.138. The number of aromatic nitrogens is 1. The number of carboxylic acid groups (broad SMARTS) is 1. The second kappa shape index (κ2) is 5.11. The van der Waals surface area contributed by atoms with Crippen molar-refractivity contribution in [2.45, 2.75) is 18.9 Å². The summed E-state index contributed by atoms with van der Waals surface area (Å²) < 4.78 is 0. The van der Waals surface area contributed by atoms with Crippen LogP contribution in [0.15, 0.2) is 24.4 Å². The zero-order valence-electron chi connectivity index (χ0n) is 10.5. The second-order valence-corrected chi connectivity index (χ2v) is 5.65.